The van der Waals surface area contributed by atoms with Gasteiger partial charge in [-0.3, -0.25) is 4.79 Å². The van der Waals surface area contributed by atoms with E-state index in [0.717, 1.165) is 5.56 Å². The average molecular weight is 282 g/mol. The van der Waals surface area contributed by atoms with E-state index in [4.69, 9.17) is 21.1 Å². The second-order valence-electron chi connectivity index (χ2n) is 4.39. The molecule has 0 aliphatic rings. The number of carboxylic acids is 1. The Bertz CT molecular complexity index is 460. The van der Waals surface area contributed by atoms with Crippen molar-refractivity contribution < 1.29 is 24.9 Å². The molecule has 7 nitrogen and oxygen atoms in total. The van der Waals surface area contributed by atoms with Crippen molar-refractivity contribution in [1.82, 2.24) is 5.32 Å². The number of aromatic hydroxyl groups is 1. The molecule has 20 heavy (non-hydrogen) atoms. The zero-order valence-corrected chi connectivity index (χ0v) is 10.8. The zero-order valence-electron chi connectivity index (χ0n) is 10.8. The monoisotopic (exact) mass is 282 g/mol. The molecule has 0 bridgehead atoms. The maximum Gasteiger partial charge on any atom is 0.326 e. The van der Waals surface area contributed by atoms with E-state index >= 15 is 0 Å². The predicted molar refractivity (Wildman–Crippen MR) is 71.1 cm³/mol. The zero-order chi connectivity index (χ0) is 15.1. The van der Waals surface area contributed by atoms with Gasteiger partial charge in [0.05, 0.1) is 6.04 Å². The maximum absolute atomic E-state index is 11.8. The van der Waals surface area contributed by atoms with Gasteiger partial charge in [-0.15, -0.1) is 0 Å². The highest BCUT2D eigenvalue weighted by molar-refractivity contribution is 5.86. The SMILES string of the molecule is N[C@H](Cc1ccc(O)cc1)C(=O)N[C@@H](CCO)C(=O)O. The fourth-order valence-electron chi connectivity index (χ4n) is 1.64. The molecule has 0 saturated carbocycles. The Balaban J connectivity index is 2.57. The first kappa shape index (κ1) is 15.9. The molecule has 110 valence electrons. The number of phenolic OH excluding ortho intramolecular Hbond substituents is 1. The molecule has 0 heterocycles. The van der Waals surface area contributed by atoms with E-state index in [1.54, 1.807) is 12.1 Å². The molecule has 1 aromatic carbocycles. The summed E-state index contributed by atoms with van der Waals surface area (Å²) in [7, 11) is 0. The van der Waals surface area contributed by atoms with Crippen LogP contribution in [0.3, 0.4) is 0 Å². The number of benzene rings is 1. The molecule has 0 aliphatic carbocycles. The lowest BCUT2D eigenvalue weighted by molar-refractivity contribution is -0.142. The molecular formula is C13H18N2O5. The van der Waals surface area contributed by atoms with Gasteiger partial charge in [-0.05, 0) is 24.1 Å². The molecular weight excluding hydrogens is 264 g/mol. The van der Waals surface area contributed by atoms with Crippen molar-refractivity contribution in [3.63, 3.8) is 0 Å². The van der Waals surface area contributed by atoms with Gasteiger partial charge in [0.15, 0.2) is 0 Å². The van der Waals surface area contributed by atoms with Crippen LogP contribution in [0.2, 0.25) is 0 Å². The van der Waals surface area contributed by atoms with Crippen molar-refractivity contribution in [2.24, 2.45) is 5.73 Å². The predicted octanol–water partition coefficient (Wildman–Crippen LogP) is -0.786. The number of nitrogens with one attached hydrogen (secondary N) is 1. The van der Waals surface area contributed by atoms with E-state index in [-0.39, 0.29) is 25.2 Å². The molecule has 0 spiro atoms. The number of rotatable bonds is 7. The van der Waals surface area contributed by atoms with Crippen molar-refractivity contribution in [3.8, 4) is 5.75 Å². The number of amides is 1. The molecule has 6 N–H and O–H groups in total. The molecule has 0 radical (unpaired) electrons. The van der Waals surface area contributed by atoms with Gasteiger partial charge >= 0.3 is 5.97 Å². The highest BCUT2D eigenvalue weighted by atomic mass is 16.4. The number of phenols is 1. The quantitative estimate of drug-likeness (QED) is 0.445. The molecule has 0 saturated heterocycles. The first-order valence-electron chi connectivity index (χ1n) is 6.11. The lowest BCUT2D eigenvalue weighted by Crippen LogP contribution is -2.49. The molecule has 1 aromatic rings. The van der Waals surface area contributed by atoms with E-state index in [1.807, 2.05) is 0 Å². The lowest BCUT2D eigenvalue weighted by atomic mass is 10.1. The summed E-state index contributed by atoms with van der Waals surface area (Å²) in [5.41, 5.74) is 6.45. The van der Waals surface area contributed by atoms with E-state index in [1.165, 1.54) is 12.1 Å². The minimum atomic E-state index is -1.22. The Labute approximate surface area is 116 Å². The van der Waals surface area contributed by atoms with E-state index in [0.29, 0.717) is 0 Å². The Morgan fingerprint density at radius 2 is 1.85 bits per heavy atom. The average Bonchev–Trinajstić information content (AvgIpc) is 2.40. The van der Waals surface area contributed by atoms with Crippen molar-refractivity contribution >= 4 is 11.9 Å². The molecule has 0 fully saturated rings. The second kappa shape index (κ2) is 7.46. The summed E-state index contributed by atoms with van der Waals surface area (Å²) in [6, 6.07) is 4.16. The van der Waals surface area contributed by atoms with Gasteiger partial charge in [-0.2, -0.15) is 0 Å². The number of aliphatic carboxylic acids is 1. The molecule has 0 unspecified atom stereocenters. The number of carboxylic acid groups (broad SMARTS) is 1. The van der Waals surface area contributed by atoms with Crippen LogP contribution in [0, 0.1) is 0 Å². The van der Waals surface area contributed by atoms with Crippen LogP contribution in [-0.4, -0.2) is 45.9 Å². The van der Waals surface area contributed by atoms with Gasteiger partial charge in [-0.25, -0.2) is 4.79 Å². The molecule has 1 rings (SSSR count). The van der Waals surface area contributed by atoms with Crippen molar-refractivity contribution in [1.29, 1.82) is 0 Å². The molecule has 0 aliphatic heterocycles. The van der Waals surface area contributed by atoms with Crippen LogP contribution in [-0.2, 0) is 16.0 Å². The van der Waals surface area contributed by atoms with E-state index in [9.17, 15) is 9.59 Å². The molecule has 0 aromatic heterocycles. The lowest BCUT2D eigenvalue weighted by Gasteiger charge is -2.17. The standard InChI is InChI=1S/C13H18N2O5/c14-10(7-8-1-3-9(17)4-2-8)12(18)15-11(5-6-16)13(19)20/h1-4,10-11,16-17H,5-7,14H2,(H,15,18)(H,19,20)/t10-,11+/m1/s1. The van der Waals surface area contributed by atoms with Gasteiger partial charge in [0.2, 0.25) is 5.91 Å². The fourth-order valence-corrected chi connectivity index (χ4v) is 1.64. The van der Waals surface area contributed by atoms with Gasteiger partial charge in [0.1, 0.15) is 11.8 Å². The van der Waals surface area contributed by atoms with Crippen LogP contribution in [0.15, 0.2) is 24.3 Å². The van der Waals surface area contributed by atoms with Gasteiger partial charge in [-0.1, -0.05) is 12.1 Å². The number of carbonyl (C=O) groups is 2. The summed E-state index contributed by atoms with van der Waals surface area (Å²) in [4.78, 5) is 22.6. The highest BCUT2D eigenvalue weighted by Gasteiger charge is 2.22. The Morgan fingerprint density at radius 1 is 1.25 bits per heavy atom. The minimum Gasteiger partial charge on any atom is -0.508 e. The number of aliphatic hydroxyl groups is 1. The van der Waals surface area contributed by atoms with Crippen LogP contribution in [0.1, 0.15) is 12.0 Å². The van der Waals surface area contributed by atoms with Crippen LogP contribution >= 0.6 is 0 Å². The summed E-state index contributed by atoms with van der Waals surface area (Å²) in [5, 5.41) is 29.0. The summed E-state index contributed by atoms with van der Waals surface area (Å²) in [6.45, 7) is -0.343. The maximum atomic E-state index is 11.8. The number of carbonyl (C=O) groups excluding carboxylic acids is 1. The largest absolute Gasteiger partial charge is 0.508 e. The number of aliphatic hydroxyl groups excluding tert-OH is 1. The third-order valence-corrected chi connectivity index (χ3v) is 2.76. The first-order chi connectivity index (χ1) is 9.43. The van der Waals surface area contributed by atoms with E-state index in [2.05, 4.69) is 5.32 Å². The number of hydrogen-bond donors (Lipinski definition) is 5. The van der Waals surface area contributed by atoms with Crippen molar-refractivity contribution in [2.45, 2.75) is 24.9 Å². The topological polar surface area (TPSA) is 133 Å². The van der Waals surface area contributed by atoms with Gasteiger partial charge in [0.25, 0.3) is 0 Å². The molecule has 7 heteroatoms. The first-order valence-corrected chi connectivity index (χ1v) is 6.11. The summed E-state index contributed by atoms with van der Waals surface area (Å²) in [6.07, 6.45) is 0.143. The van der Waals surface area contributed by atoms with Crippen LogP contribution in [0.25, 0.3) is 0 Å². The molecule has 1 amide bonds. The van der Waals surface area contributed by atoms with Crippen LogP contribution in [0.4, 0.5) is 0 Å². The number of hydrogen-bond acceptors (Lipinski definition) is 5. The Hall–Kier alpha value is -2.12. The Morgan fingerprint density at radius 3 is 2.35 bits per heavy atom. The third-order valence-electron chi connectivity index (χ3n) is 2.76. The number of nitrogens with two attached hydrogens (primary N) is 1. The smallest absolute Gasteiger partial charge is 0.326 e. The normalized spacial score (nSPS) is 13.5. The van der Waals surface area contributed by atoms with Gasteiger partial charge < -0.3 is 26.4 Å². The second-order valence-corrected chi connectivity index (χ2v) is 4.39. The highest BCUT2D eigenvalue weighted by Crippen LogP contribution is 2.11. The minimum absolute atomic E-state index is 0.0764. The van der Waals surface area contributed by atoms with Crippen molar-refractivity contribution in [2.75, 3.05) is 6.61 Å². The van der Waals surface area contributed by atoms with Crippen LogP contribution < -0.4 is 11.1 Å². The Kier molecular flexibility index (Phi) is 5.95. The third kappa shape index (κ3) is 4.87. The molecule has 2 atom stereocenters. The summed E-state index contributed by atoms with van der Waals surface area (Å²) in [5.74, 6) is -1.70. The van der Waals surface area contributed by atoms with Crippen molar-refractivity contribution in [3.05, 3.63) is 29.8 Å². The summed E-state index contributed by atoms with van der Waals surface area (Å²) >= 11 is 0. The van der Waals surface area contributed by atoms with E-state index < -0.39 is 24.0 Å². The summed E-state index contributed by atoms with van der Waals surface area (Å²) < 4.78 is 0. The fraction of sp³-hybridized carbons (Fsp3) is 0.385. The van der Waals surface area contributed by atoms with Crippen LogP contribution in [0.5, 0.6) is 5.75 Å². The van der Waals surface area contributed by atoms with Gasteiger partial charge in [0, 0.05) is 13.0 Å².